The molecule has 0 bridgehead atoms. The number of aromatic carboxylic acids is 1. The van der Waals surface area contributed by atoms with Crippen molar-refractivity contribution in [2.24, 2.45) is 0 Å². The van der Waals surface area contributed by atoms with Gasteiger partial charge in [0.2, 0.25) is 5.91 Å². The number of carbonyl (C=O) groups excluding carboxylic acids is 1. The van der Waals surface area contributed by atoms with Gasteiger partial charge in [-0.2, -0.15) is 0 Å². The SMILES string of the molecule is O=C(CCN1CCCC1)Nc1ccc(C(=O)O)cc1Cl. The number of likely N-dealkylation sites (tertiary alicyclic amines) is 1. The summed E-state index contributed by atoms with van der Waals surface area (Å²) in [7, 11) is 0. The third-order valence-corrected chi connectivity index (χ3v) is 3.66. The number of rotatable bonds is 5. The fraction of sp³-hybridized carbons (Fsp3) is 0.429. The Balaban J connectivity index is 1.88. The van der Waals surface area contributed by atoms with E-state index >= 15 is 0 Å². The Bertz CT molecular complexity index is 513. The maximum atomic E-state index is 11.8. The predicted molar refractivity (Wildman–Crippen MR) is 77.3 cm³/mol. The Labute approximate surface area is 122 Å². The Kier molecular flexibility index (Phi) is 4.98. The lowest BCUT2D eigenvalue weighted by atomic mass is 10.2. The molecular formula is C14H17ClN2O3. The van der Waals surface area contributed by atoms with Crippen LogP contribution in [-0.2, 0) is 4.79 Å². The Morgan fingerprint density at radius 1 is 1.30 bits per heavy atom. The third-order valence-electron chi connectivity index (χ3n) is 3.34. The standard InChI is InChI=1S/C14H17ClN2O3/c15-11-9-10(14(19)20)3-4-12(11)16-13(18)5-8-17-6-1-2-7-17/h3-4,9H,1-2,5-8H2,(H,16,18)(H,19,20). The highest BCUT2D eigenvalue weighted by Crippen LogP contribution is 2.23. The molecule has 0 radical (unpaired) electrons. The minimum atomic E-state index is -1.04. The zero-order valence-corrected chi connectivity index (χ0v) is 11.8. The van der Waals surface area contributed by atoms with E-state index in [2.05, 4.69) is 10.2 Å². The van der Waals surface area contributed by atoms with Gasteiger partial charge in [-0.25, -0.2) is 4.79 Å². The molecule has 5 nitrogen and oxygen atoms in total. The van der Waals surface area contributed by atoms with Crippen molar-refractivity contribution >= 4 is 29.2 Å². The maximum absolute atomic E-state index is 11.8. The highest BCUT2D eigenvalue weighted by Gasteiger charge is 2.14. The molecule has 0 spiro atoms. The summed E-state index contributed by atoms with van der Waals surface area (Å²) in [5, 5.41) is 11.8. The van der Waals surface area contributed by atoms with E-state index in [1.807, 2.05) is 0 Å². The third kappa shape index (κ3) is 3.95. The molecule has 1 aromatic rings. The van der Waals surface area contributed by atoms with Crippen LogP contribution in [0.5, 0.6) is 0 Å². The van der Waals surface area contributed by atoms with Crippen LogP contribution in [0.3, 0.4) is 0 Å². The number of carboxylic acid groups (broad SMARTS) is 1. The minimum Gasteiger partial charge on any atom is -0.478 e. The first-order chi connectivity index (χ1) is 9.56. The summed E-state index contributed by atoms with van der Waals surface area (Å²) in [6, 6.07) is 4.27. The number of halogens is 1. The fourth-order valence-corrected chi connectivity index (χ4v) is 2.46. The molecule has 0 saturated carbocycles. The van der Waals surface area contributed by atoms with Gasteiger partial charge in [0.05, 0.1) is 16.3 Å². The molecule has 2 rings (SSSR count). The summed E-state index contributed by atoms with van der Waals surface area (Å²) in [5.74, 6) is -1.15. The molecule has 0 unspecified atom stereocenters. The summed E-state index contributed by atoms with van der Waals surface area (Å²) in [6.45, 7) is 2.86. The fourth-order valence-electron chi connectivity index (χ4n) is 2.23. The van der Waals surface area contributed by atoms with Crippen molar-refractivity contribution in [2.45, 2.75) is 19.3 Å². The molecule has 0 aliphatic carbocycles. The van der Waals surface area contributed by atoms with Crippen molar-refractivity contribution < 1.29 is 14.7 Å². The lowest BCUT2D eigenvalue weighted by Gasteiger charge is -2.14. The minimum absolute atomic E-state index is 0.102. The number of hydrogen-bond donors (Lipinski definition) is 2. The van der Waals surface area contributed by atoms with E-state index < -0.39 is 5.97 Å². The topological polar surface area (TPSA) is 69.6 Å². The van der Waals surface area contributed by atoms with Crippen molar-refractivity contribution in [3.8, 4) is 0 Å². The van der Waals surface area contributed by atoms with Gasteiger partial charge in [-0.3, -0.25) is 4.79 Å². The molecule has 6 heteroatoms. The highest BCUT2D eigenvalue weighted by atomic mass is 35.5. The van der Waals surface area contributed by atoms with Gasteiger partial charge in [-0.15, -0.1) is 0 Å². The van der Waals surface area contributed by atoms with Crippen molar-refractivity contribution in [3.05, 3.63) is 28.8 Å². The number of nitrogens with zero attached hydrogens (tertiary/aromatic N) is 1. The quantitative estimate of drug-likeness (QED) is 0.876. The van der Waals surface area contributed by atoms with Gasteiger partial charge in [0.1, 0.15) is 0 Å². The van der Waals surface area contributed by atoms with Gasteiger partial charge in [-0.1, -0.05) is 11.6 Å². The summed E-state index contributed by atoms with van der Waals surface area (Å²) in [5.41, 5.74) is 0.549. The van der Waals surface area contributed by atoms with Crippen LogP contribution >= 0.6 is 11.6 Å². The number of benzene rings is 1. The molecule has 2 N–H and O–H groups in total. The number of hydrogen-bond acceptors (Lipinski definition) is 3. The van der Waals surface area contributed by atoms with Crippen LogP contribution in [0.2, 0.25) is 5.02 Å². The molecule has 20 heavy (non-hydrogen) atoms. The molecular weight excluding hydrogens is 280 g/mol. The van der Waals surface area contributed by atoms with E-state index in [1.54, 1.807) is 0 Å². The average molecular weight is 297 g/mol. The molecule has 1 aliphatic heterocycles. The number of anilines is 1. The second-order valence-corrected chi connectivity index (χ2v) is 5.25. The van der Waals surface area contributed by atoms with Crippen LogP contribution in [0.15, 0.2) is 18.2 Å². The van der Waals surface area contributed by atoms with Gasteiger partial charge in [-0.05, 0) is 44.1 Å². The van der Waals surface area contributed by atoms with Gasteiger partial charge in [0.15, 0.2) is 0 Å². The smallest absolute Gasteiger partial charge is 0.335 e. The first kappa shape index (κ1) is 14.8. The van der Waals surface area contributed by atoms with E-state index in [-0.39, 0.29) is 16.5 Å². The summed E-state index contributed by atoms with van der Waals surface area (Å²) < 4.78 is 0. The molecule has 1 aliphatic rings. The second kappa shape index (κ2) is 6.72. The summed E-state index contributed by atoms with van der Waals surface area (Å²) >= 11 is 5.96. The maximum Gasteiger partial charge on any atom is 0.335 e. The van der Waals surface area contributed by atoms with Gasteiger partial charge in [0, 0.05) is 13.0 Å². The average Bonchev–Trinajstić information content (AvgIpc) is 2.91. The lowest BCUT2D eigenvalue weighted by molar-refractivity contribution is -0.116. The molecule has 1 saturated heterocycles. The van der Waals surface area contributed by atoms with Gasteiger partial charge < -0.3 is 15.3 Å². The van der Waals surface area contributed by atoms with Gasteiger partial charge in [0.25, 0.3) is 0 Å². The summed E-state index contributed by atoms with van der Waals surface area (Å²) in [6.07, 6.45) is 2.81. The van der Waals surface area contributed by atoms with Crippen LogP contribution < -0.4 is 5.32 Å². The van der Waals surface area contributed by atoms with Crippen LogP contribution in [0, 0.1) is 0 Å². The Morgan fingerprint density at radius 3 is 2.60 bits per heavy atom. The van der Waals surface area contributed by atoms with Crippen molar-refractivity contribution in [3.63, 3.8) is 0 Å². The van der Waals surface area contributed by atoms with E-state index in [9.17, 15) is 9.59 Å². The number of amides is 1. The van der Waals surface area contributed by atoms with Crippen molar-refractivity contribution in [1.82, 2.24) is 4.90 Å². The van der Waals surface area contributed by atoms with Crippen molar-refractivity contribution in [2.75, 3.05) is 25.0 Å². The molecule has 1 aromatic carbocycles. The molecule has 1 amide bonds. The first-order valence-corrected chi connectivity index (χ1v) is 6.99. The number of carbonyl (C=O) groups is 2. The van der Waals surface area contributed by atoms with E-state index in [0.29, 0.717) is 12.1 Å². The molecule has 1 fully saturated rings. The van der Waals surface area contributed by atoms with Crippen LogP contribution in [0.4, 0.5) is 5.69 Å². The van der Waals surface area contributed by atoms with Crippen molar-refractivity contribution in [1.29, 1.82) is 0 Å². The zero-order chi connectivity index (χ0) is 14.5. The van der Waals surface area contributed by atoms with Crippen LogP contribution in [-0.4, -0.2) is 41.5 Å². The highest BCUT2D eigenvalue weighted by molar-refractivity contribution is 6.34. The number of nitrogens with one attached hydrogen (secondary N) is 1. The largest absolute Gasteiger partial charge is 0.478 e. The molecule has 0 atom stereocenters. The molecule has 1 heterocycles. The van der Waals surface area contributed by atoms with E-state index in [0.717, 1.165) is 19.6 Å². The first-order valence-electron chi connectivity index (χ1n) is 6.61. The Morgan fingerprint density at radius 2 is 2.00 bits per heavy atom. The summed E-state index contributed by atoms with van der Waals surface area (Å²) in [4.78, 5) is 24.9. The molecule has 108 valence electrons. The zero-order valence-electron chi connectivity index (χ0n) is 11.1. The lowest BCUT2D eigenvalue weighted by Crippen LogP contribution is -2.25. The molecule has 0 aromatic heterocycles. The second-order valence-electron chi connectivity index (χ2n) is 4.85. The monoisotopic (exact) mass is 296 g/mol. The van der Waals surface area contributed by atoms with Crippen LogP contribution in [0.1, 0.15) is 29.6 Å². The normalized spacial score (nSPS) is 15.2. The Hall–Kier alpha value is -1.59. The predicted octanol–water partition coefficient (Wildman–Crippen LogP) is 2.46. The van der Waals surface area contributed by atoms with Gasteiger partial charge >= 0.3 is 5.97 Å². The number of carboxylic acids is 1. The van der Waals surface area contributed by atoms with E-state index in [4.69, 9.17) is 16.7 Å². The van der Waals surface area contributed by atoms with E-state index in [1.165, 1.54) is 31.0 Å². The van der Waals surface area contributed by atoms with Crippen LogP contribution in [0.25, 0.3) is 0 Å².